The van der Waals surface area contributed by atoms with E-state index in [9.17, 15) is 4.57 Å². The fraction of sp³-hybridized carbons (Fsp3) is 0.225. The van der Waals surface area contributed by atoms with Crippen molar-refractivity contribution >= 4 is 12.4 Å². The third-order valence-corrected chi connectivity index (χ3v) is 9.62. The lowest BCUT2D eigenvalue weighted by Crippen LogP contribution is -2.10. The lowest BCUT2D eigenvalue weighted by Gasteiger charge is -2.20. The minimum atomic E-state index is -2.85. The van der Waals surface area contributed by atoms with E-state index >= 15 is 0 Å². The Bertz CT molecular complexity index is 1750. The second kappa shape index (κ2) is 11.8. The van der Waals surface area contributed by atoms with Crippen LogP contribution in [0.4, 0.5) is 0 Å². The van der Waals surface area contributed by atoms with Gasteiger partial charge in [-0.2, -0.15) is 0 Å². The van der Waals surface area contributed by atoms with Crippen LogP contribution in [-0.4, -0.2) is 11.6 Å². The molecule has 3 heteroatoms. The second-order valence-electron chi connectivity index (χ2n) is 13.4. The van der Waals surface area contributed by atoms with Crippen LogP contribution in [0.1, 0.15) is 58.2 Å². The first-order valence-electron chi connectivity index (χ1n) is 14.8. The van der Waals surface area contributed by atoms with Gasteiger partial charge in [-0.3, -0.25) is 0 Å². The molecule has 5 aromatic rings. The largest absolute Gasteiger partial charge is 0.305 e. The Morgan fingerprint density at radius 2 is 1.00 bits per heavy atom. The minimum absolute atomic E-state index is 0.0830. The molecule has 0 aliphatic rings. The molecule has 0 spiro atoms. The number of pyridine rings is 1. The van der Waals surface area contributed by atoms with Crippen LogP contribution in [0, 0.1) is 11.6 Å². The van der Waals surface area contributed by atoms with Gasteiger partial charge in [0.05, 0.1) is 11.4 Å². The number of benzene rings is 4. The van der Waals surface area contributed by atoms with Gasteiger partial charge in [-0.15, -0.1) is 0 Å². The molecule has 1 unspecified atom stereocenters. The molecule has 216 valence electrons. The van der Waals surface area contributed by atoms with E-state index in [1.807, 2.05) is 54.6 Å². The van der Waals surface area contributed by atoms with Crippen LogP contribution in [0.3, 0.4) is 0 Å². The van der Waals surface area contributed by atoms with Crippen LogP contribution >= 0.6 is 7.14 Å². The van der Waals surface area contributed by atoms with Gasteiger partial charge < -0.3 is 4.57 Å². The quantitative estimate of drug-likeness (QED) is 0.156. The van der Waals surface area contributed by atoms with Gasteiger partial charge in [0.2, 0.25) is 0 Å². The summed E-state index contributed by atoms with van der Waals surface area (Å²) in [5, 5.41) is 0.754. The highest BCUT2D eigenvalue weighted by molar-refractivity contribution is 7.75. The van der Waals surface area contributed by atoms with E-state index in [4.69, 9.17) is 4.98 Å². The fourth-order valence-corrected chi connectivity index (χ4v) is 6.16. The Morgan fingerprint density at radius 3 is 1.44 bits per heavy atom. The van der Waals surface area contributed by atoms with E-state index in [1.54, 1.807) is 6.66 Å². The topological polar surface area (TPSA) is 30.0 Å². The summed E-state index contributed by atoms with van der Waals surface area (Å²) in [6.45, 7) is 15.1. The van der Waals surface area contributed by atoms with Crippen molar-refractivity contribution in [1.29, 1.82) is 0 Å². The first-order valence-corrected chi connectivity index (χ1v) is 17.0. The molecule has 1 heterocycles. The van der Waals surface area contributed by atoms with Crippen molar-refractivity contribution in [2.45, 2.75) is 52.4 Å². The molecule has 0 fully saturated rings. The third kappa shape index (κ3) is 7.25. The van der Waals surface area contributed by atoms with Crippen LogP contribution in [0.25, 0.3) is 33.6 Å². The lowest BCUT2D eigenvalue weighted by molar-refractivity contribution is 0.590. The molecule has 5 rings (SSSR count). The van der Waals surface area contributed by atoms with Gasteiger partial charge in [-0.25, -0.2) is 4.98 Å². The Kier molecular flexibility index (Phi) is 8.34. The van der Waals surface area contributed by atoms with Crippen LogP contribution < -0.4 is 5.30 Å². The highest BCUT2D eigenvalue weighted by Crippen LogP contribution is 2.39. The van der Waals surface area contributed by atoms with Crippen molar-refractivity contribution in [3.63, 3.8) is 0 Å². The first-order chi connectivity index (χ1) is 20.3. The minimum Gasteiger partial charge on any atom is -0.305 e. The van der Waals surface area contributed by atoms with Crippen molar-refractivity contribution in [2.75, 3.05) is 6.66 Å². The highest BCUT2D eigenvalue weighted by atomic mass is 31.2. The number of rotatable bonds is 4. The maximum atomic E-state index is 13.5. The second-order valence-corrected chi connectivity index (χ2v) is 15.9. The van der Waals surface area contributed by atoms with Crippen molar-refractivity contribution in [2.24, 2.45) is 0 Å². The molecule has 4 aromatic carbocycles. The molecule has 0 saturated carbocycles. The fourth-order valence-electron chi connectivity index (χ4n) is 4.97. The molecule has 0 amide bonds. The van der Waals surface area contributed by atoms with Crippen molar-refractivity contribution < 1.29 is 4.57 Å². The number of hydrogen-bond acceptors (Lipinski definition) is 2. The maximum Gasteiger partial charge on any atom is 0.180 e. The molecule has 0 saturated heterocycles. The lowest BCUT2D eigenvalue weighted by atomic mass is 9.86. The molecule has 43 heavy (non-hydrogen) atoms. The molecule has 1 atom stereocenters. The van der Waals surface area contributed by atoms with Crippen LogP contribution in [0.2, 0.25) is 0 Å². The SMILES string of the molecule is CC(C)(C)c1ccc(-c2cc(-c3ccc(P(C)(=O)C#Cc4ccccc4)cc3)cc(-c3ccc(C(C)(C)C)cc3)n2)cc1. The van der Waals surface area contributed by atoms with Gasteiger partial charge in [0.15, 0.2) is 7.14 Å². The molecule has 2 nitrogen and oxygen atoms in total. The van der Waals surface area contributed by atoms with Crippen molar-refractivity contribution in [3.05, 3.63) is 132 Å². The van der Waals surface area contributed by atoms with Crippen LogP contribution in [0.5, 0.6) is 0 Å². The third-order valence-electron chi connectivity index (χ3n) is 7.80. The van der Waals surface area contributed by atoms with E-state index in [2.05, 4.69) is 114 Å². The van der Waals surface area contributed by atoms with Gasteiger partial charge in [-0.1, -0.05) is 126 Å². The summed E-state index contributed by atoms with van der Waals surface area (Å²) in [6, 6.07) is 39.5. The molecule has 1 aromatic heterocycles. The van der Waals surface area contributed by atoms with Crippen molar-refractivity contribution in [3.8, 4) is 45.2 Å². The monoisotopic (exact) mass is 581 g/mol. The summed E-state index contributed by atoms with van der Waals surface area (Å²) in [5.41, 5.74) is 12.8. The molecular weight excluding hydrogens is 541 g/mol. The Balaban J connectivity index is 1.54. The summed E-state index contributed by atoms with van der Waals surface area (Å²) < 4.78 is 13.5. The van der Waals surface area contributed by atoms with E-state index in [0.29, 0.717) is 0 Å². The molecule has 0 N–H and O–H groups in total. The van der Waals surface area contributed by atoms with Crippen molar-refractivity contribution in [1.82, 2.24) is 4.98 Å². The van der Waals surface area contributed by atoms with Gasteiger partial charge >= 0.3 is 0 Å². The maximum absolute atomic E-state index is 13.5. The van der Waals surface area contributed by atoms with E-state index in [-0.39, 0.29) is 10.8 Å². The number of aromatic nitrogens is 1. The summed E-state index contributed by atoms with van der Waals surface area (Å²) in [6.07, 6.45) is 0. The standard InChI is InChI=1S/C40H40NOP/c1-39(2,3)34-19-13-31(14-20-34)37-27-33(28-38(41-37)32-15-21-35(22-16-32)40(4,5)6)30-17-23-36(24-18-30)43(7,42)26-25-29-11-9-8-10-12-29/h8-24,27-28H,1-7H3. The van der Waals surface area contributed by atoms with Gasteiger partial charge in [0.25, 0.3) is 0 Å². The zero-order chi connectivity index (χ0) is 30.8. The number of hydrogen-bond donors (Lipinski definition) is 0. The average molecular weight is 582 g/mol. The molecular formula is C40H40NOP. The summed E-state index contributed by atoms with van der Waals surface area (Å²) in [4.78, 5) is 5.13. The smallest absolute Gasteiger partial charge is 0.180 e. The van der Waals surface area contributed by atoms with E-state index in [1.165, 1.54) is 11.1 Å². The average Bonchev–Trinajstić information content (AvgIpc) is 3.00. The Hall–Kier alpha value is -4.18. The summed E-state index contributed by atoms with van der Waals surface area (Å²) in [5.74, 6) is 3.09. The normalized spacial score (nSPS) is 13.1. The van der Waals surface area contributed by atoms with Gasteiger partial charge in [-0.05, 0) is 75.1 Å². The summed E-state index contributed by atoms with van der Waals surface area (Å²) in [7, 11) is -2.85. The predicted octanol–water partition coefficient (Wildman–Crippen LogP) is 10.3. The first kappa shape index (κ1) is 30.3. The zero-order valence-corrected chi connectivity index (χ0v) is 27.2. The van der Waals surface area contributed by atoms with Crippen LogP contribution in [-0.2, 0) is 15.4 Å². The Morgan fingerprint density at radius 1 is 0.558 bits per heavy atom. The molecule has 0 aliphatic heterocycles. The molecule has 0 aliphatic carbocycles. The summed E-state index contributed by atoms with van der Waals surface area (Å²) >= 11 is 0. The predicted molar refractivity (Wildman–Crippen MR) is 184 cm³/mol. The van der Waals surface area contributed by atoms with Gasteiger partial charge in [0, 0.05) is 28.7 Å². The molecule has 0 bridgehead atoms. The van der Waals surface area contributed by atoms with Crippen LogP contribution in [0.15, 0.2) is 115 Å². The molecule has 0 radical (unpaired) electrons. The van der Waals surface area contributed by atoms with Gasteiger partial charge in [0.1, 0.15) is 0 Å². The zero-order valence-electron chi connectivity index (χ0n) is 26.3. The highest BCUT2D eigenvalue weighted by Gasteiger charge is 2.18. The Labute approximate surface area is 257 Å². The van der Waals surface area contributed by atoms with E-state index in [0.717, 1.165) is 44.5 Å². The van der Waals surface area contributed by atoms with E-state index < -0.39 is 7.14 Å². The number of nitrogens with zero attached hydrogens (tertiary/aromatic N) is 1.